The first kappa shape index (κ1) is 18.0. The highest BCUT2D eigenvalue weighted by Gasteiger charge is 2.09. The minimum atomic E-state index is -0.478. The number of pyridine rings is 1. The van der Waals surface area contributed by atoms with Gasteiger partial charge in [0, 0.05) is 38.7 Å². The lowest BCUT2D eigenvalue weighted by Crippen LogP contribution is -2.38. The monoisotopic (exact) mass is 337 g/mol. The molecule has 24 heavy (non-hydrogen) atoms. The summed E-state index contributed by atoms with van der Waals surface area (Å²) in [6, 6.07) is 2.98. The van der Waals surface area contributed by atoms with Gasteiger partial charge in [0.15, 0.2) is 0 Å². The third kappa shape index (κ3) is 6.07. The van der Waals surface area contributed by atoms with Crippen LogP contribution in [0.25, 0.3) is 0 Å². The predicted octanol–water partition coefficient (Wildman–Crippen LogP) is -0.0142. The van der Waals surface area contributed by atoms with Gasteiger partial charge < -0.3 is 15.5 Å². The Kier molecular flexibility index (Phi) is 7.33. The zero-order chi connectivity index (χ0) is 17.2. The van der Waals surface area contributed by atoms with Gasteiger partial charge in [-0.15, -0.1) is 0 Å². The molecule has 0 aromatic carbocycles. The highest BCUT2D eigenvalue weighted by atomic mass is 16.6. The van der Waals surface area contributed by atoms with Crippen molar-refractivity contribution < 1.29 is 9.66 Å². The molecule has 0 spiro atoms. The Hall–Kier alpha value is -2.30. The Balaban J connectivity index is 1.70. The average molecular weight is 337 g/mol. The Labute approximate surface area is 140 Å². The lowest BCUT2D eigenvalue weighted by Gasteiger charge is -2.25. The molecule has 10 heteroatoms. The molecule has 1 aromatic heterocycles. The fourth-order valence-electron chi connectivity index (χ4n) is 2.26. The van der Waals surface area contributed by atoms with Crippen molar-refractivity contribution in [3.63, 3.8) is 0 Å². The summed E-state index contributed by atoms with van der Waals surface area (Å²) in [5.41, 5.74) is 2.57. The quantitative estimate of drug-likeness (QED) is 0.198. The van der Waals surface area contributed by atoms with Crippen LogP contribution in [0, 0.1) is 10.1 Å². The van der Waals surface area contributed by atoms with Crippen LogP contribution in [0.15, 0.2) is 23.3 Å². The van der Waals surface area contributed by atoms with Gasteiger partial charge in [-0.3, -0.25) is 20.0 Å². The highest BCUT2D eigenvalue weighted by molar-refractivity contribution is 5.82. The van der Waals surface area contributed by atoms with E-state index in [0.717, 1.165) is 32.8 Å². The fourth-order valence-corrected chi connectivity index (χ4v) is 2.26. The van der Waals surface area contributed by atoms with Crippen molar-refractivity contribution in [1.29, 1.82) is 0 Å². The van der Waals surface area contributed by atoms with Crippen LogP contribution in [0.4, 0.5) is 11.5 Å². The number of aliphatic imine (C=N–C) groups is 1. The number of morpholine rings is 1. The van der Waals surface area contributed by atoms with E-state index in [1.807, 2.05) is 0 Å². The van der Waals surface area contributed by atoms with E-state index in [4.69, 9.17) is 10.6 Å². The van der Waals surface area contributed by atoms with Crippen molar-refractivity contribution in [2.75, 3.05) is 51.3 Å². The number of aromatic nitrogens is 1. The lowest BCUT2D eigenvalue weighted by molar-refractivity contribution is -0.385. The summed E-state index contributed by atoms with van der Waals surface area (Å²) in [5.74, 6) is 6.77. The molecule has 1 saturated heterocycles. The van der Waals surface area contributed by atoms with E-state index in [2.05, 4.69) is 25.6 Å². The smallest absolute Gasteiger partial charge is 0.287 e. The molecule has 2 rings (SSSR count). The minimum Gasteiger partial charge on any atom is -0.379 e. The lowest BCUT2D eigenvalue weighted by atomic mass is 10.3. The standard InChI is InChI=1S/C14H23N7O3/c15-19-14(17-5-6-20-7-9-24-10-8-20)3-4-16-13-2-1-12(11-18-13)21(22)23/h1-2,11H,3-10,15H2,(H,16,18)(H,17,19). The van der Waals surface area contributed by atoms with E-state index in [1.165, 1.54) is 12.3 Å². The van der Waals surface area contributed by atoms with Crippen molar-refractivity contribution in [2.24, 2.45) is 10.8 Å². The Morgan fingerprint density at radius 3 is 2.88 bits per heavy atom. The summed E-state index contributed by atoms with van der Waals surface area (Å²) in [6.07, 6.45) is 1.83. The fraction of sp³-hybridized carbons (Fsp3) is 0.571. The Morgan fingerprint density at radius 2 is 2.25 bits per heavy atom. The SMILES string of the molecule is NNC(CCNc1ccc([N+](=O)[O-])cn1)=NCCN1CCOCC1. The molecule has 0 saturated carbocycles. The molecule has 0 unspecified atom stereocenters. The van der Waals surface area contributed by atoms with Gasteiger partial charge in [-0.2, -0.15) is 0 Å². The van der Waals surface area contributed by atoms with Gasteiger partial charge in [0.05, 0.1) is 24.7 Å². The first-order valence-corrected chi connectivity index (χ1v) is 7.83. The first-order valence-electron chi connectivity index (χ1n) is 7.83. The zero-order valence-electron chi connectivity index (χ0n) is 13.5. The molecule has 0 radical (unpaired) electrons. The molecule has 4 N–H and O–H groups in total. The number of nitrogens with two attached hydrogens (primary N) is 1. The largest absolute Gasteiger partial charge is 0.379 e. The van der Waals surface area contributed by atoms with Crippen LogP contribution in [-0.4, -0.2) is 66.6 Å². The second-order valence-corrected chi connectivity index (χ2v) is 5.26. The molecule has 0 atom stereocenters. The summed E-state index contributed by atoms with van der Waals surface area (Å²) in [5, 5.41) is 13.6. The molecule has 0 bridgehead atoms. The third-order valence-electron chi connectivity index (χ3n) is 3.62. The maximum Gasteiger partial charge on any atom is 0.287 e. The number of nitro groups is 1. The molecule has 2 heterocycles. The van der Waals surface area contributed by atoms with Crippen molar-refractivity contribution >= 4 is 17.3 Å². The van der Waals surface area contributed by atoms with E-state index < -0.39 is 4.92 Å². The third-order valence-corrected chi connectivity index (χ3v) is 3.62. The van der Waals surface area contributed by atoms with Gasteiger partial charge in [0.2, 0.25) is 0 Å². The second-order valence-electron chi connectivity index (χ2n) is 5.26. The van der Waals surface area contributed by atoms with E-state index in [-0.39, 0.29) is 5.69 Å². The maximum atomic E-state index is 10.6. The number of nitrogens with one attached hydrogen (secondary N) is 2. The molecule has 1 aliphatic heterocycles. The van der Waals surface area contributed by atoms with Crippen LogP contribution >= 0.6 is 0 Å². The van der Waals surface area contributed by atoms with Crippen LogP contribution in [0.1, 0.15) is 6.42 Å². The Morgan fingerprint density at radius 1 is 1.46 bits per heavy atom. The molecular weight excluding hydrogens is 314 g/mol. The number of hydrogen-bond acceptors (Lipinski definition) is 8. The summed E-state index contributed by atoms with van der Waals surface area (Å²) in [4.78, 5) is 20.8. The van der Waals surface area contributed by atoms with E-state index >= 15 is 0 Å². The average Bonchev–Trinajstić information content (AvgIpc) is 2.61. The van der Waals surface area contributed by atoms with Gasteiger partial charge in [0.1, 0.15) is 17.9 Å². The number of rotatable bonds is 8. The number of anilines is 1. The van der Waals surface area contributed by atoms with Crippen molar-refractivity contribution in [3.8, 4) is 0 Å². The van der Waals surface area contributed by atoms with Crippen molar-refractivity contribution in [1.82, 2.24) is 15.3 Å². The van der Waals surface area contributed by atoms with Gasteiger partial charge >= 0.3 is 0 Å². The van der Waals surface area contributed by atoms with Gasteiger partial charge in [-0.1, -0.05) is 0 Å². The number of hydrogen-bond donors (Lipinski definition) is 3. The molecule has 1 aromatic rings. The van der Waals surface area contributed by atoms with Crippen LogP contribution in [-0.2, 0) is 4.74 Å². The number of ether oxygens (including phenoxy) is 1. The molecule has 1 fully saturated rings. The normalized spacial score (nSPS) is 16.0. The second kappa shape index (κ2) is 9.75. The van der Waals surface area contributed by atoms with E-state index in [1.54, 1.807) is 6.07 Å². The van der Waals surface area contributed by atoms with Gasteiger partial charge in [0.25, 0.3) is 5.69 Å². The minimum absolute atomic E-state index is 0.0328. The van der Waals surface area contributed by atoms with E-state index in [0.29, 0.717) is 31.2 Å². The van der Waals surface area contributed by atoms with Crippen LogP contribution < -0.4 is 16.6 Å². The molecule has 0 amide bonds. The number of amidine groups is 1. The summed E-state index contributed by atoms with van der Waals surface area (Å²) in [7, 11) is 0. The van der Waals surface area contributed by atoms with Gasteiger partial charge in [-0.05, 0) is 6.07 Å². The topological polar surface area (TPSA) is 131 Å². The number of hydrazine groups is 1. The summed E-state index contributed by atoms with van der Waals surface area (Å²) >= 11 is 0. The Bertz CT molecular complexity index is 544. The maximum absolute atomic E-state index is 10.6. The first-order chi connectivity index (χ1) is 11.7. The highest BCUT2D eigenvalue weighted by Crippen LogP contribution is 2.11. The molecule has 10 nitrogen and oxygen atoms in total. The van der Waals surface area contributed by atoms with Crippen LogP contribution in [0.2, 0.25) is 0 Å². The van der Waals surface area contributed by atoms with E-state index in [9.17, 15) is 10.1 Å². The zero-order valence-corrected chi connectivity index (χ0v) is 13.5. The van der Waals surface area contributed by atoms with Gasteiger partial charge in [-0.25, -0.2) is 10.8 Å². The molecule has 132 valence electrons. The molecule has 1 aliphatic rings. The number of nitrogens with zero attached hydrogens (tertiary/aromatic N) is 4. The predicted molar refractivity (Wildman–Crippen MR) is 90.9 cm³/mol. The van der Waals surface area contributed by atoms with Crippen LogP contribution in [0.5, 0.6) is 0 Å². The molecule has 0 aliphatic carbocycles. The summed E-state index contributed by atoms with van der Waals surface area (Å²) < 4.78 is 5.30. The summed E-state index contributed by atoms with van der Waals surface area (Å²) in [6.45, 7) is 5.56. The van der Waals surface area contributed by atoms with Crippen molar-refractivity contribution in [3.05, 3.63) is 28.4 Å². The molecular formula is C14H23N7O3. The van der Waals surface area contributed by atoms with Crippen molar-refractivity contribution in [2.45, 2.75) is 6.42 Å². The van der Waals surface area contributed by atoms with Crippen LogP contribution in [0.3, 0.4) is 0 Å².